The Morgan fingerprint density at radius 3 is 2.79 bits per heavy atom. The Hall–Kier alpha value is -0.260. The lowest BCUT2D eigenvalue weighted by atomic mass is 9.87. The van der Waals surface area contributed by atoms with E-state index in [-0.39, 0.29) is 24.0 Å². The van der Waals surface area contributed by atoms with Gasteiger partial charge in [0.05, 0.1) is 0 Å². The molecule has 2 N–H and O–H groups in total. The van der Waals surface area contributed by atoms with Gasteiger partial charge >= 0.3 is 0 Å². The lowest BCUT2D eigenvalue weighted by molar-refractivity contribution is 0.324. The summed E-state index contributed by atoms with van der Waals surface area (Å²) in [6.45, 7) is 8.31. The third kappa shape index (κ3) is 8.50. The van der Waals surface area contributed by atoms with Gasteiger partial charge < -0.3 is 10.6 Å². The Bertz CT molecular complexity index is 277. The monoisotopic (exact) mass is 379 g/mol. The van der Waals surface area contributed by atoms with Crippen LogP contribution in [0.25, 0.3) is 0 Å². The second-order valence-electron chi connectivity index (χ2n) is 5.23. The van der Waals surface area contributed by atoms with Gasteiger partial charge in [-0.1, -0.05) is 31.9 Å². The molecule has 112 valence electrons. The van der Waals surface area contributed by atoms with Crippen LogP contribution in [0.4, 0.5) is 0 Å². The highest BCUT2D eigenvalue weighted by atomic mass is 127. The molecule has 0 aromatic rings. The highest BCUT2D eigenvalue weighted by Gasteiger charge is 2.19. The van der Waals surface area contributed by atoms with Crippen LogP contribution in [0.1, 0.15) is 52.9 Å². The first-order chi connectivity index (χ1) is 8.76. The van der Waals surface area contributed by atoms with Crippen LogP contribution >= 0.6 is 24.0 Å². The summed E-state index contributed by atoms with van der Waals surface area (Å²) in [5.41, 5.74) is 0. The second kappa shape index (κ2) is 11.6. The average Bonchev–Trinajstić information content (AvgIpc) is 2.35. The summed E-state index contributed by atoms with van der Waals surface area (Å²) >= 11 is 0. The van der Waals surface area contributed by atoms with E-state index in [0.717, 1.165) is 31.4 Å². The van der Waals surface area contributed by atoms with Gasteiger partial charge in [-0.2, -0.15) is 0 Å². The molecule has 0 bridgehead atoms. The predicted octanol–water partition coefficient (Wildman–Crippen LogP) is 3.70. The molecular weight excluding hydrogens is 349 g/mol. The first-order valence-electron chi connectivity index (χ1n) is 7.42. The Morgan fingerprint density at radius 1 is 1.37 bits per heavy atom. The van der Waals surface area contributed by atoms with Crippen LogP contribution in [0.5, 0.6) is 0 Å². The molecule has 0 heterocycles. The standard InChI is InChI=1S/C15H29N3.HI/c1-4-6-7-11-17-15(16-5-2)18-14-10-8-9-13(3)12-14;/h4,6,13-14H,5,7-12H2,1-3H3,(H2,16,17,18);1H/b6-4+;. The van der Waals surface area contributed by atoms with Crippen LogP contribution in [-0.4, -0.2) is 25.1 Å². The van der Waals surface area contributed by atoms with Crippen LogP contribution in [-0.2, 0) is 0 Å². The van der Waals surface area contributed by atoms with E-state index in [9.17, 15) is 0 Å². The molecule has 0 aromatic heterocycles. The molecule has 0 radical (unpaired) electrons. The van der Waals surface area contributed by atoms with Crippen LogP contribution in [0.3, 0.4) is 0 Å². The van der Waals surface area contributed by atoms with Gasteiger partial charge in [0.15, 0.2) is 5.96 Å². The number of hydrogen-bond acceptors (Lipinski definition) is 1. The Balaban J connectivity index is 0.00000324. The van der Waals surface area contributed by atoms with Gasteiger partial charge in [0.2, 0.25) is 0 Å². The quantitative estimate of drug-likeness (QED) is 0.251. The molecule has 0 spiro atoms. The predicted molar refractivity (Wildman–Crippen MR) is 95.4 cm³/mol. The van der Waals surface area contributed by atoms with Crippen molar-refractivity contribution in [3.05, 3.63) is 12.2 Å². The Morgan fingerprint density at radius 2 is 2.16 bits per heavy atom. The van der Waals surface area contributed by atoms with E-state index >= 15 is 0 Å². The fourth-order valence-electron chi connectivity index (χ4n) is 2.50. The summed E-state index contributed by atoms with van der Waals surface area (Å²) in [4.78, 5) is 4.61. The fourth-order valence-corrected chi connectivity index (χ4v) is 2.50. The van der Waals surface area contributed by atoms with Crippen molar-refractivity contribution in [2.75, 3.05) is 13.1 Å². The van der Waals surface area contributed by atoms with Crippen LogP contribution < -0.4 is 10.6 Å². The van der Waals surface area contributed by atoms with Gasteiger partial charge in [0.25, 0.3) is 0 Å². The first kappa shape index (κ1) is 18.7. The van der Waals surface area contributed by atoms with Crippen molar-refractivity contribution in [1.82, 2.24) is 10.6 Å². The molecule has 2 atom stereocenters. The van der Waals surface area contributed by atoms with Crippen molar-refractivity contribution in [2.24, 2.45) is 10.9 Å². The molecule has 0 amide bonds. The number of guanidine groups is 1. The molecule has 19 heavy (non-hydrogen) atoms. The third-order valence-electron chi connectivity index (χ3n) is 3.42. The molecule has 2 unspecified atom stereocenters. The lowest BCUT2D eigenvalue weighted by Crippen LogP contribution is -2.45. The van der Waals surface area contributed by atoms with Gasteiger partial charge in [0, 0.05) is 19.1 Å². The third-order valence-corrected chi connectivity index (χ3v) is 3.42. The highest BCUT2D eigenvalue weighted by molar-refractivity contribution is 14.0. The van der Waals surface area contributed by atoms with E-state index in [0.29, 0.717) is 6.04 Å². The molecule has 0 aromatic carbocycles. The zero-order chi connectivity index (χ0) is 13.2. The number of nitrogens with zero attached hydrogens (tertiary/aromatic N) is 1. The minimum absolute atomic E-state index is 0. The largest absolute Gasteiger partial charge is 0.357 e. The molecule has 1 fully saturated rings. The van der Waals surface area contributed by atoms with E-state index in [1.54, 1.807) is 0 Å². The fraction of sp³-hybridized carbons (Fsp3) is 0.800. The molecular formula is C15H30IN3. The average molecular weight is 379 g/mol. The highest BCUT2D eigenvalue weighted by Crippen LogP contribution is 2.23. The van der Waals surface area contributed by atoms with Crippen molar-refractivity contribution in [1.29, 1.82) is 0 Å². The molecule has 0 aliphatic heterocycles. The number of rotatable bonds is 5. The summed E-state index contributed by atoms with van der Waals surface area (Å²) in [5.74, 6) is 1.84. The second-order valence-corrected chi connectivity index (χ2v) is 5.23. The van der Waals surface area contributed by atoms with E-state index in [1.807, 2.05) is 0 Å². The maximum absolute atomic E-state index is 4.61. The summed E-state index contributed by atoms with van der Waals surface area (Å²) in [7, 11) is 0. The van der Waals surface area contributed by atoms with Gasteiger partial charge in [-0.25, -0.2) is 0 Å². The maximum Gasteiger partial charge on any atom is 0.191 e. The van der Waals surface area contributed by atoms with Crippen molar-refractivity contribution in [3.8, 4) is 0 Å². The molecule has 1 saturated carbocycles. The molecule has 4 heteroatoms. The summed E-state index contributed by atoms with van der Waals surface area (Å²) in [6, 6.07) is 0.605. The molecule has 0 saturated heterocycles. The van der Waals surface area contributed by atoms with E-state index in [4.69, 9.17) is 0 Å². The zero-order valence-electron chi connectivity index (χ0n) is 12.6. The van der Waals surface area contributed by atoms with Gasteiger partial charge in [0.1, 0.15) is 0 Å². The van der Waals surface area contributed by atoms with E-state index < -0.39 is 0 Å². The van der Waals surface area contributed by atoms with Crippen molar-refractivity contribution >= 4 is 29.9 Å². The number of halogens is 1. The molecule has 1 aliphatic carbocycles. The first-order valence-corrected chi connectivity index (χ1v) is 7.42. The van der Waals surface area contributed by atoms with Gasteiger partial charge in [-0.15, -0.1) is 24.0 Å². The van der Waals surface area contributed by atoms with Crippen LogP contribution in [0.2, 0.25) is 0 Å². The van der Waals surface area contributed by atoms with Crippen molar-refractivity contribution < 1.29 is 0 Å². The molecule has 1 rings (SSSR count). The SMILES string of the molecule is C/C=C/CCN=C(NCC)NC1CCCC(C)C1.I. The molecule has 3 nitrogen and oxygen atoms in total. The molecule has 1 aliphatic rings. The topological polar surface area (TPSA) is 36.4 Å². The van der Waals surface area contributed by atoms with Crippen molar-refractivity contribution in [3.63, 3.8) is 0 Å². The number of aliphatic imine (C=N–C) groups is 1. The van der Waals surface area contributed by atoms with E-state index in [1.165, 1.54) is 25.7 Å². The Labute approximate surface area is 135 Å². The summed E-state index contributed by atoms with van der Waals surface area (Å²) in [6.07, 6.45) is 10.6. The number of allylic oxidation sites excluding steroid dienone is 1. The van der Waals surface area contributed by atoms with Gasteiger partial charge in [-0.3, -0.25) is 4.99 Å². The van der Waals surface area contributed by atoms with Gasteiger partial charge in [-0.05, 0) is 39.0 Å². The zero-order valence-corrected chi connectivity index (χ0v) is 14.9. The van der Waals surface area contributed by atoms with Crippen molar-refractivity contribution in [2.45, 2.75) is 58.9 Å². The Kier molecular flexibility index (Phi) is 11.4. The van der Waals surface area contributed by atoms with E-state index in [2.05, 4.69) is 48.5 Å². The maximum atomic E-state index is 4.61. The smallest absolute Gasteiger partial charge is 0.191 e. The van der Waals surface area contributed by atoms with Crippen LogP contribution in [0, 0.1) is 5.92 Å². The normalized spacial score (nSPS) is 24.1. The minimum Gasteiger partial charge on any atom is -0.357 e. The summed E-state index contributed by atoms with van der Waals surface area (Å²) in [5, 5.41) is 6.92. The number of hydrogen-bond donors (Lipinski definition) is 2. The minimum atomic E-state index is 0. The van der Waals surface area contributed by atoms with Crippen LogP contribution in [0.15, 0.2) is 17.1 Å². The lowest BCUT2D eigenvalue weighted by Gasteiger charge is -2.28. The summed E-state index contributed by atoms with van der Waals surface area (Å²) < 4.78 is 0. The number of nitrogens with one attached hydrogen (secondary N) is 2.